The van der Waals surface area contributed by atoms with Crippen LogP contribution in [0.2, 0.25) is 0 Å². The maximum atomic E-state index is 10.8. The van der Waals surface area contributed by atoms with Crippen LogP contribution in [0.3, 0.4) is 0 Å². The number of carbonyl (C=O) groups excluding carboxylic acids is 1. The lowest BCUT2D eigenvalue weighted by molar-refractivity contribution is -0.161. The van der Waals surface area contributed by atoms with Crippen molar-refractivity contribution < 1.29 is 19.0 Å². The number of hydrogen-bond donors (Lipinski definition) is 1. The van der Waals surface area contributed by atoms with Crippen LogP contribution in [0.4, 0.5) is 0 Å². The molecular weight excluding hydrogens is 150 g/mol. The van der Waals surface area contributed by atoms with E-state index in [0.29, 0.717) is 0 Å². The van der Waals surface area contributed by atoms with Gasteiger partial charge in [0.1, 0.15) is 6.79 Å². The minimum atomic E-state index is -0.722. The predicted molar refractivity (Wildman–Crippen MR) is 37.8 cm³/mol. The van der Waals surface area contributed by atoms with Crippen molar-refractivity contribution in [3.8, 4) is 0 Å². The Balaban J connectivity index is 3.65. The molecule has 0 aliphatic heterocycles. The summed E-state index contributed by atoms with van der Waals surface area (Å²) in [4.78, 5) is 10.8. The van der Waals surface area contributed by atoms with Gasteiger partial charge in [-0.2, -0.15) is 0 Å². The summed E-state index contributed by atoms with van der Waals surface area (Å²) in [7, 11) is 2.74. The molecule has 0 aromatic carbocycles. The van der Waals surface area contributed by atoms with E-state index in [2.05, 4.69) is 9.47 Å². The zero-order chi connectivity index (χ0) is 8.69. The van der Waals surface area contributed by atoms with Crippen LogP contribution < -0.4 is 5.73 Å². The van der Waals surface area contributed by atoms with Crippen molar-refractivity contribution in [1.29, 1.82) is 0 Å². The van der Waals surface area contributed by atoms with Crippen molar-refractivity contribution in [2.45, 2.75) is 6.10 Å². The summed E-state index contributed by atoms with van der Waals surface area (Å²) in [5.74, 6) is -0.482. The molecule has 11 heavy (non-hydrogen) atoms. The highest BCUT2D eigenvalue weighted by atomic mass is 16.7. The molecule has 0 saturated heterocycles. The summed E-state index contributed by atoms with van der Waals surface area (Å²) >= 11 is 0. The first-order valence-electron chi connectivity index (χ1n) is 3.14. The van der Waals surface area contributed by atoms with Crippen LogP contribution in [0.5, 0.6) is 0 Å². The monoisotopic (exact) mass is 163 g/mol. The van der Waals surface area contributed by atoms with Gasteiger partial charge in [-0.3, -0.25) is 0 Å². The van der Waals surface area contributed by atoms with Crippen LogP contribution in [0, 0.1) is 0 Å². The molecule has 0 aromatic heterocycles. The Morgan fingerprint density at radius 2 is 2.18 bits per heavy atom. The highest BCUT2D eigenvalue weighted by Crippen LogP contribution is 1.92. The molecule has 5 heteroatoms. The Bertz CT molecular complexity index is 117. The fraction of sp³-hybridized carbons (Fsp3) is 0.833. The van der Waals surface area contributed by atoms with E-state index in [1.807, 2.05) is 0 Å². The maximum absolute atomic E-state index is 10.8. The topological polar surface area (TPSA) is 70.8 Å². The van der Waals surface area contributed by atoms with Crippen molar-refractivity contribution in [3.63, 3.8) is 0 Å². The molecule has 2 N–H and O–H groups in total. The van der Waals surface area contributed by atoms with Gasteiger partial charge in [0.15, 0.2) is 6.10 Å². The zero-order valence-electron chi connectivity index (χ0n) is 6.70. The molecule has 0 amide bonds. The summed E-state index contributed by atoms with van der Waals surface area (Å²) in [6.45, 7) is 0.132. The molecule has 0 bridgehead atoms. The third-order valence-corrected chi connectivity index (χ3v) is 1.07. The average Bonchev–Trinajstić information content (AvgIpc) is 2.05. The average molecular weight is 163 g/mol. The molecule has 0 spiro atoms. The van der Waals surface area contributed by atoms with Crippen LogP contribution in [0.25, 0.3) is 0 Å². The van der Waals surface area contributed by atoms with Crippen LogP contribution in [0.15, 0.2) is 0 Å². The highest BCUT2D eigenvalue weighted by molar-refractivity contribution is 5.74. The van der Waals surface area contributed by atoms with Crippen molar-refractivity contribution in [2.75, 3.05) is 27.6 Å². The fourth-order valence-corrected chi connectivity index (χ4v) is 0.514. The van der Waals surface area contributed by atoms with Crippen molar-refractivity contribution in [1.82, 2.24) is 0 Å². The second-order valence-electron chi connectivity index (χ2n) is 1.82. The van der Waals surface area contributed by atoms with Gasteiger partial charge in [-0.05, 0) is 0 Å². The van der Waals surface area contributed by atoms with Crippen LogP contribution in [0.1, 0.15) is 0 Å². The molecule has 0 aliphatic carbocycles. The number of ether oxygens (including phenoxy) is 3. The normalized spacial score (nSPS) is 12.6. The third kappa shape index (κ3) is 3.92. The molecule has 0 unspecified atom stereocenters. The lowest BCUT2D eigenvalue weighted by Gasteiger charge is -2.11. The Morgan fingerprint density at radius 1 is 1.55 bits per heavy atom. The summed E-state index contributed by atoms with van der Waals surface area (Å²) in [6, 6.07) is 0. The minimum Gasteiger partial charge on any atom is -0.467 e. The van der Waals surface area contributed by atoms with Crippen molar-refractivity contribution in [2.24, 2.45) is 5.73 Å². The van der Waals surface area contributed by atoms with E-state index >= 15 is 0 Å². The third-order valence-electron chi connectivity index (χ3n) is 1.07. The van der Waals surface area contributed by atoms with Gasteiger partial charge < -0.3 is 19.9 Å². The Kier molecular flexibility index (Phi) is 5.73. The van der Waals surface area contributed by atoms with Gasteiger partial charge in [-0.25, -0.2) is 4.79 Å². The second kappa shape index (κ2) is 6.09. The molecule has 0 radical (unpaired) electrons. The van der Waals surface area contributed by atoms with Crippen LogP contribution >= 0.6 is 0 Å². The van der Waals surface area contributed by atoms with E-state index in [-0.39, 0.29) is 13.3 Å². The zero-order valence-corrected chi connectivity index (χ0v) is 6.70. The van der Waals surface area contributed by atoms with Crippen LogP contribution in [-0.4, -0.2) is 39.6 Å². The SMILES string of the molecule is COCO[C@H](CN)C(=O)OC. The van der Waals surface area contributed by atoms with Gasteiger partial charge in [0.25, 0.3) is 0 Å². The van der Waals surface area contributed by atoms with Crippen molar-refractivity contribution in [3.05, 3.63) is 0 Å². The summed E-state index contributed by atoms with van der Waals surface area (Å²) < 4.78 is 13.9. The second-order valence-corrected chi connectivity index (χ2v) is 1.82. The predicted octanol–water partition coefficient (Wildman–Crippen LogP) is -0.893. The molecule has 1 atom stereocenters. The summed E-state index contributed by atoms with van der Waals surface area (Å²) in [5.41, 5.74) is 5.21. The molecule has 0 heterocycles. The first-order valence-corrected chi connectivity index (χ1v) is 3.14. The van der Waals surface area contributed by atoms with Gasteiger partial charge in [0, 0.05) is 13.7 Å². The van der Waals surface area contributed by atoms with Gasteiger partial charge >= 0.3 is 5.97 Å². The number of hydrogen-bond acceptors (Lipinski definition) is 5. The van der Waals surface area contributed by atoms with Crippen LogP contribution in [-0.2, 0) is 19.0 Å². The number of nitrogens with two attached hydrogens (primary N) is 1. The van der Waals surface area contributed by atoms with E-state index < -0.39 is 12.1 Å². The number of carbonyl (C=O) groups is 1. The number of methoxy groups -OCH3 is 2. The number of esters is 1. The van der Waals surface area contributed by atoms with E-state index in [1.165, 1.54) is 14.2 Å². The highest BCUT2D eigenvalue weighted by Gasteiger charge is 2.16. The molecular formula is C6H13NO4. The van der Waals surface area contributed by atoms with Gasteiger partial charge in [-0.1, -0.05) is 0 Å². The first kappa shape index (κ1) is 10.3. The van der Waals surface area contributed by atoms with E-state index in [1.54, 1.807) is 0 Å². The van der Waals surface area contributed by atoms with E-state index in [0.717, 1.165) is 0 Å². The first-order chi connectivity index (χ1) is 5.26. The maximum Gasteiger partial charge on any atom is 0.336 e. The van der Waals surface area contributed by atoms with Gasteiger partial charge in [-0.15, -0.1) is 0 Å². The van der Waals surface area contributed by atoms with Gasteiger partial charge in [0.2, 0.25) is 0 Å². The Labute approximate surface area is 65.4 Å². The lowest BCUT2D eigenvalue weighted by atomic mass is 10.4. The summed E-state index contributed by atoms with van der Waals surface area (Å²) in [5, 5.41) is 0. The molecule has 0 aromatic rings. The summed E-state index contributed by atoms with van der Waals surface area (Å²) in [6.07, 6.45) is -0.722. The largest absolute Gasteiger partial charge is 0.467 e. The quantitative estimate of drug-likeness (QED) is 0.420. The molecule has 0 aliphatic rings. The fourth-order valence-electron chi connectivity index (χ4n) is 0.514. The molecule has 0 saturated carbocycles. The number of rotatable bonds is 5. The lowest BCUT2D eigenvalue weighted by Crippen LogP contribution is -2.33. The molecule has 5 nitrogen and oxygen atoms in total. The van der Waals surface area contributed by atoms with Crippen molar-refractivity contribution >= 4 is 5.97 Å². The minimum absolute atomic E-state index is 0.0387. The molecule has 0 rings (SSSR count). The molecule has 66 valence electrons. The Hall–Kier alpha value is -0.650. The van der Waals surface area contributed by atoms with E-state index in [4.69, 9.17) is 10.5 Å². The Morgan fingerprint density at radius 3 is 2.55 bits per heavy atom. The van der Waals surface area contributed by atoms with Gasteiger partial charge in [0.05, 0.1) is 7.11 Å². The smallest absolute Gasteiger partial charge is 0.336 e. The standard InChI is InChI=1S/C6H13NO4/c1-9-4-11-5(3-7)6(8)10-2/h5H,3-4,7H2,1-2H3/t5-/m1/s1. The van der Waals surface area contributed by atoms with E-state index in [9.17, 15) is 4.79 Å². The molecule has 0 fully saturated rings.